The quantitative estimate of drug-likeness (QED) is 0.171. The van der Waals surface area contributed by atoms with Crippen LogP contribution in [0.4, 0.5) is 0 Å². The van der Waals surface area contributed by atoms with E-state index < -0.39 is 0 Å². The summed E-state index contributed by atoms with van der Waals surface area (Å²) in [5, 5.41) is 9.45. The van der Waals surface area contributed by atoms with Gasteiger partial charge in [0.25, 0.3) is 0 Å². The molecule has 5 aromatic carbocycles. The van der Waals surface area contributed by atoms with Crippen molar-refractivity contribution in [2.75, 3.05) is 0 Å². The second-order valence-electron chi connectivity index (χ2n) is 19.6. The lowest BCUT2D eigenvalue weighted by Crippen LogP contribution is -2.55. The molecule has 0 saturated heterocycles. The summed E-state index contributed by atoms with van der Waals surface area (Å²) in [4.78, 5) is 5.28. The van der Waals surface area contributed by atoms with Crippen LogP contribution in [0, 0.1) is 23.2 Å². The zero-order chi connectivity index (χ0) is 38.9. The zero-order valence-corrected chi connectivity index (χ0v) is 34.0. The molecule has 2 nitrogen and oxygen atoms in total. The SMILES string of the molecule is CC(C)(C)c1ccc(-c2cc(-c3ccc(C45CC6CC(CC(c7ccc(-c8cccc(C#N)c8)cc7)(C6)C4)C5)cc3)cc(-c3ccc(C(C)(C)C)cc3)n2)cc1. The van der Waals surface area contributed by atoms with Gasteiger partial charge in [-0.25, -0.2) is 4.98 Å². The minimum atomic E-state index is 0.100. The first-order valence-electron chi connectivity index (χ1n) is 20.8. The largest absolute Gasteiger partial charge is 0.248 e. The highest BCUT2D eigenvalue weighted by Crippen LogP contribution is 2.66. The van der Waals surface area contributed by atoms with Gasteiger partial charge in [0.15, 0.2) is 0 Å². The van der Waals surface area contributed by atoms with E-state index in [-0.39, 0.29) is 21.7 Å². The number of benzene rings is 5. The van der Waals surface area contributed by atoms with Crippen LogP contribution in [0.1, 0.15) is 108 Å². The van der Waals surface area contributed by atoms with Crippen molar-refractivity contribution in [2.45, 2.75) is 102 Å². The fraction of sp³-hybridized carbons (Fsp3) is 0.333. The lowest BCUT2D eigenvalue weighted by Gasteiger charge is -2.63. The van der Waals surface area contributed by atoms with E-state index in [1.54, 1.807) is 0 Å². The van der Waals surface area contributed by atoms with E-state index in [1.807, 2.05) is 18.2 Å². The maximum Gasteiger partial charge on any atom is 0.0991 e. The molecule has 1 heterocycles. The maximum atomic E-state index is 9.45. The lowest BCUT2D eigenvalue weighted by molar-refractivity contribution is -0.0281. The van der Waals surface area contributed by atoms with Gasteiger partial charge >= 0.3 is 0 Å². The van der Waals surface area contributed by atoms with Crippen molar-refractivity contribution >= 4 is 0 Å². The first kappa shape index (κ1) is 36.4. The van der Waals surface area contributed by atoms with Crippen LogP contribution in [0.15, 0.2) is 133 Å². The first-order chi connectivity index (χ1) is 26.8. The number of hydrogen-bond acceptors (Lipinski definition) is 2. The molecule has 0 amide bonds. The Morgan fingerprint density at radius 2 is 0.929 bits per heavy atom. The Morgan fingerprint density at radius 3 is 1.36 bits per heavy atom. The summed E-state index contributed by atoms with van der Waals surface area (Å²) in [5.74, 6) is 1.56. The molecule has 2 atom stereocenters. The summed E-state index contributed by atoms with van der Waals surface area (Å²) >= 11 is 0. The first-order valence-corrected chi connectivity index (χ1v) is 20.8. The minimum absolute atomic E-state index is 0.100. The molecule has 4 aliphatic carbocycles. The Hall–Kier alpha value is -5.26. The molecule has 4 aliphatic rings. The molecule has 6 aromatic rings. The highest BCUT2D eigenvalue weighted by atomic mass is 14.7. The lowest BCUT2D eigenvalue weighted by atomic mass is 9.41. The van der Waals surface area contributed by atoms with Crippen molar-refractivity contribution in [1.29, 1.82) is 5.26 Å². The summed E-state index contributed by atoms with van der Waals surface area (Å²) in [6.45, 7) is 13.6. The fourth-order valence-corrected chi connectivity index (χ4v) is 11.0. The third kappa shape index (κ3) is 6.70. The normalized spacial score (nSPS) is 22.9. The van der Waals surface area contributed by atoms with E-state index in [9.17, 15) is 5.26 Å². The predicted molar refractivity (Wildman–Crippen MR) is 233 cm³/mol. The fourth-order valence-electron chi connectivity index (χ4n) is 11.0. The van der Waals surface area contributed by atoms with Gasteiger partial charge in [0.2, 0.25) is 0 Å². The molecule has 280 valence electrons. The summed E-state index contributed by atoms with van der Waals surface area (Å²) < 4.78 is 0. The molecule has 0 aliphatic heterocycles. The van der Waals surface area contributed by atoms with Gasteiger partial charge in [0.05, 0.1) is 23.0 Å². The molecule has 0 radical (unpaired) electrons. The number of nitriles is 1. The topological polar surface area (TPSA) is 36.7 Å². The monoisotopic (exact) mass is 730 g/mol. The van der Waals surface area contributed by atoms with Crippen LogP contribution in [-0.4, -0.2) is 4.98 Å². The smallest absolute Gasteiger partial charge is 0.0991 e. The van der Waals surface area contributed by atoms with Crippen molar-refractivity contribution in [3.05, 3.63) is 161 Å². The molecule has 4 bridgehead atoms. The Bertz CT molecular complexity index is 2340. The van der Waals surface area contributed by atoms with Gasteiger partial charge in [-0.05, 0) is 141 Å². The van der Waals surface area contributed by atoms with E-state index in [4.69, 9.17) is 4.98 Å². The molecule has 56 heavy (non-hydrogen) atoms. The minimum Gasteiger partial charge on any atom is -0.248 e. The van der Waals surface area contributed by atoms with Crippen LogP contribution >= 0.6 is 0 Å². The second-order valence-corrected chi connectivity index (χ2v) is 19.6. The molecular formula is C54H54N2. The summed E-state index contributed by atoms with van der Waals surface area (Å²) in [5.41, 5.74) is 16.1. The van der Waals surface area contributed by atoms with Crippen LogP contribution in [-0.2, 0) is 21.7 Å². The van der Waals surface area contributed by atoms with E-state index in [1.165, 1.54) is 77.5 Å². The summed E-state index contributed by atoms with van der Waals surface area (Å²) in [7, 11) is 0. The van der Waals surface area contributed by atoms with Gasteiger partial charge < -0.3 is 0 Å². The molecule has 4 saturated carbocycles. The van der Waals surface area contributed by atoms with Crippen molar-refractivity contribution in [3.63, 3.8) is 0 Å². The molecule has 2 heteroatoms. The zero-order valence-electron chi connectivity index (χ0n) is 34.0. The number of aromatic nitrogens is 1. The van der Waals surface area contributed by atoms with E-state index in [2.05, 4.69) is 163 Å². The van der Waals surface area contributed by atoms with Crippen LogP contribution in [0.5, 0.6) is 0 Å². The average molecular weight is 731 g/mol. The third-order valence-corrected chi connectivity index (χ3v) is 13.6. The number of rotatable bonds is 6. The Morgan fingerprint density at radius 1 is 0.500 bits per heavy atom. The summed E-state index contributed by atoms with van der Waals surface area (Å²) in [6.07, 6.45) is 7.85. The number of nitrogens with zero attached hydrogens (tertiary/aromatic N) is 2. The van der Waals surface area contributed by atoms with Gasteiger partial charge in [-0.2, -0.15) is 5.26 Å². The van der Waals surface area contributed by atoms with Crippen molar-refractivity contribution in [2.24, 2.45) is 11.8 Å². The maximum absolute atomic E-state index is 9.45. The highest BCUT2D eigenvalue weighted by molar-refractivity contribution is 5.77. The van der Waals surface area contributed by atoms with Crippen LogP contribution in [0.25, 0.3) is 44.8 Å². The van der Waals surface area contributed by atoms with Gasteiger partial charge in [0, 0.05) is 11.1 Å². The molecule has 2 unspecified atom stereocenters. The Balaban J connectivity index is 1.04. The average Bonchev–Trinajstić information content (AvgIpc) is 3.20. The Kier molecular flexibility index (Phi) is 8.74. The van der Waals surface area contributed by atoms with Crippen molar-refractivity contribution < 1.29 is 0 Å². The molecule has 1 aromatic heterocycles. The predicted octanol–water partition coefficient (Wildman–Crippen LogP) is 14.0. The molecule has 4 fully saturated rings. The van der Waals surface area contributed by atoms with Crippen molar-refractivity contribution in [3.8, 4) is 50.8 Å². The standard InChI is InChI=1S/C54H54N2/c1-51(2,3)45-18-14-41(15-19-45)49-28-44(29-50(56-49)42-16-20-46(21-17-42)52(4,5)6)40-12-24-48(25-13-40)54-32-37-26-38(33-54)31-53(30-37,35-54)47-22-10-39(11-23-47)43-9-7-8-36(27-43)34-55/h7-25,27-29,37-38H,26,30-33,35H2,1-6H3. The van der Waals surface area contributed by atoms with Crippen molar-refractivity contribution in [1.82, 2.24) is 4.98 Å². The second kappa shape index (κ2) is 13.4. The van der Waals surface area contributed by atoms with E-state index in [0.29, 0.717) is 5.56 Å². The number of pyridine rings is 1. The van der Waals surface area contributed by atoms with Gasteiger partial charge in [-0.1, -0.05) is 151 Å². The highest BCUT2D eigenvalue weighted by Gasteiger charge is 2.58. The molecule has 0 spiro atoms. The van der Waals surface area contributed by atoms with Crippen LogP contribution in [0.2, 0.25) is 0 Å². The third-order valence-electron chi connectivity index (χ3n) is 13.6. The van der Waals surface area contributed by atoms with E-state index >= 15 is 0 Å². The van der Waals surface area contributed by atoms with Gasteiger partial charge in [-0.15, -0.1) is 0 Å². The molecule has 0 N–H and O–H groups in total. The summed E-state index contributed by atoms with van der Waals surface area (Å²) in [6, 6.07) is 52.0. The van der Waals surface area contributed by atoms with Crippen LogP contribution in [0.3, 0.4) is 0 Å². The van der Waals surface area contributed by atoms with Gasteiger partial charge in [0.1, 0.15) is 0 Å². The number of hydrogen-bond donors (Lipinski definition) is 0. The molecule has 10 rings (SSSR count). The van der Waals surface area contributed by atoms with E-state index in [0.717, 1.165) is 39.9 Å². The van der Waals surface area contributed by atoms with Gasteiger partial charge in [-0.3, -0.25) is 0 Å². The van der Waals surface area contributed by atoms with Crippen LogP contribution < -0.4 is 0 Å². The Labute approximate surface area is 334 Å². The molecular weight excluding hydrogens is 677 g/mol.